The zero-order valence-corrected chi connectivity index (χ0v) is 71.6. The molecule has 0 radical (unpaired) electrons. The molecule has 11 rings (SSSR count). The van der Waals surface area contributed by atoms with Gasteiger partial charge in [0.15, 0.2) is 0 Å². The minimum Gasteiger partial charge on any atom is -0.133 e. The summed E-state index contributed by atoms with van der Waals surface area (Å²) in [5, 5.41) is 8.46. The Morgan fingerprint density at radius 2 is 0.364 bits per heavy atom. The summed E-state index contributed by atoms with van der Waals surface area (Å²) in [7, 11) is 16.4. The van der Waals surface area contributed by atoms with E-state index in [0.29, 0.717) is 0 Å². The van der Waals surface area contributed by atoms with Crippen molar-refractivity contribution >= 4 is 92.9 Å². The fourth-order valence-electron chi connectivity index (χ4n) is 8.40. The van der Waals surface area contributed by atoms with Gasteiger partial charge in [0, 0.05) is 33.4 Å². The zero-order chi connectivity index (χ0) is 75.3. The number of hydrogen-bond acceptors (Lipinski definition) is 0. The third-order valence-electron chi connectivity index (χ3n) is 12.9. The molecule has 0 N–H and O–H groups in total. The summed E-state index contributed by atoms with van der Waals surface area (Å²) in [6.07, 6.45) is 2.97. The van der Waals surface area contributed by atoms with Gasteiger partial charge in [0.2, 0.25) is 0 Å². The average Bonchev–Trinajstić information content (AvgIpc) is 0.836. The van der Waals surface area contributed by atoms with Gasteiger partial charge in [0.1, 0.15) is 0 Å². The first-order valence-corrected chi connectivity index (χ1v) is 40.5. The predicted octanol–water partition coefficient (Wildman–Crippen LogP) is 27.5. The topological polar surface area (TPSA) is 0 Å². The number of hydrogen-bond donors (Lipinski definition) is 0. The Morgan fingerprint density at radius 3 is 0.646 bits per heavy atom. The summed E-state index contributed by atoms with van der Waals surface area (Å²) in [5.41, 5.74) is 17.6. The Bertz CT molecular complexity index is 3960. The van der Waals surface area contributed by atoms with Gasteiger partial charge in [0.25, 0.3) is 0 Å². The Kier molecular flexibility index (Phi) is 61.7. The van der Waals surface area contributed by atoms with Crippen LogP contribution < -0.4 is 15.9 Å². The van der Waals surface area contributed by atoms with Crippen molar-refractivity contribution in [3.63, 3.8) is 0 Å². The lowest BCUT2D eigenvalue weighted by Gasteiger charge is -2.06. The van der Waals surface area contributed by atoms with E-state index in [1.807, 2.05) is 177 Å². The van der Waals surface area contributed by atoms with Crippen molar-refractivity contribution < 1.29 is 0 Å². The van der Waals surface area contributed by atoms with Crippen molar-refractivity contribution in [1.82, 2.24) is 0 Å². The summed E-state index contributed by atoms with van der Waals surface area (Å²) >= 11 is 0. The molecular weight excluding hydrogens is 1300 g/mol. The van der Waals surface area contributed by atoms with Crippen LogP contribution in [0, 0.1) is 35.5 Å². The lowest BCUT2D eigenvalue weighted by atomic mass is 9.99. The van der Waals surface area contributed by atoms with E-state index in [1.165, 1.54) is 87.5 Å². The molecular formula is C93H124P6. The van der Waals surface area contributed by atoms with Crippen LogP contribution in [0.25, 0.3) is 54.9 Å². The summed E-state index contributed by atoms with van der Waals surface area (Å²) in [6, 6.07) is 85.2. The van der Waals surface area contributed by atoms with Gasteiger partial charge in [-0.2, -0.15) is 0 Å². The number of fused-ring (bicyclic) bond motifs is 2. The molecule has 0 saturated carbocycles. The molecule has 0 saturated heterocycles. The highest BCUT2D eigenvalue weighted by Crippen LogP contribution is 2.27. The first-order valence-electron chi connectivity index (χ1n) is 36.4. The Hall–Kier alpha value is -6.80. The molecule has 0 aliphatic rings. The van der Waals surface area contributed by atoms with Gasteiger partial charge in [-0.15, -0.1) is 55.4 Å². The van der Waals surface area contributed by atoms with Crippen molar-refractivity contribution in [3.05, 3.63) is 293 Å². The molecule has 0 aliphatic carbocycles. The molecule has 0 aliphatic heterocycles. The third-order valence-corrected chi connectivity index (χ3v) is 15.5. The van der Waals surface area contributed by atoms with Crippen LogP contribution in [0.15, 0.2) is 243 Å². The van der Waals surface area contributed by atoms with Crippen molar-refractivity contribution in [2.75, 3.05) is 0 Å². The van der Waals surface area contributed by atoms with Crippen LogP contribution >= 0.6 is 55.4 Å². The fraction of sp³-hybridized carbons (Fsp3) is 0.269. The molecule has 526 valence electrons. The van der Waals surface area contributed by atoms with Gasteiger partial charge in [-0.1, -0.05) is 346 Å². The molecule has 0 spiro atoms. The molecule has 0 aromatic heterocycles. The minimum atomic E-state index is 0.988. The fourth-order valence-corrected chi connectivity index (χ4v) is 9.88. The van der Waals surface area contributed by atoms with Crippen molar-refractivity contribution in [1.29, 1.82) is 0 Å². The monoisotopic (exact) mass is 1430 g/mol. The van der Waals surface area contributed by atoms with Crippen LogP contribution in [0.4, 0.5) is 0 Å². The minimum absolute atomic E-state index is 0.988. The lowest BCUT2D eigenvalue weighted by Crippen LogP contribution is -1.88. The van der Waals surface area contributed by atoms with E-state index in [9.17, 15) is 0 Å². The second kappa shape index (κ2) is 63.4. The Labute approximate surface area is 621 Å². The molecule has 99 heavy (non-hydrogen) atoms. The van der Waals surface area contributed by atoms with Crippen LogP contribution in [0.1, 0.15) is 202 Å². The molecule has 6 atom stereocenters. The smallest absolute Gasteiger partial charge is 0.0255 e. The second-order valence-corrected chi connectivity index (χ2v) is 21.7. The van der Waals surface area contributed by atoms with Gasteiger partial charge < -0.3 is 0 Å². The van der Waals surface area contributed by atoms with Crippen LogP contribution in [-0.4, -0.2) is 0 Å². The van der Waals surface area contributed by atoms with Gasteiger partial charge >= 0.3 is 0 Å². The van der Waals surface area contributed by atoms with Crippen molar-refractivity contribution in [2.45, 2.75) is 171 Å². The third kappa shape index (κ3) is 36.9. The summed E-state index contributed by atoms with van der Waals surface area (Å²) in [4.78, 5) is 0. The van der Waals surface area contributed by atoms with E-state index in [2.05, 4.69) is 309 Å². The molecule has 11 aromatic rings. The molecule has 11 aromatic carbocycles. The normalized spacial score (nSPS) is 8.69. The summed E-state index contributed by atoms with van der Waals surface area (Å²) in [6.45, 7) is 44.0. The maximum absolute atomic E-state index is 3.28. The van der Waals surface area contributed by atoms with Crippen LogP contribution in [0.2, 0.25) is 0 Å². The van der Waals surface area contributed by atoms with Crippen molar-refractivity contribution in [2.24, 2.45) is 0 Å². The van der Waals surface area contributed by atoms with E-state index >= 15 is 0 Å². The SMILES string of the molecule is CC.CC.CC.CC.CC.CC.CC.CC.CC.CC.CC.PCc1ccc(-c2ccc(C#Cc3ccc(P)cc3)cc2)cc1.PCc1ccc(-c2ccc(C#Cc3ccc4cc(P)ccc4c3)cc2)cc1.PCc1ccc(-c2ccc3cc(C#Cc4ccc(P)cc4)ccc3c2)cc1. The molecule has 0 heterocycles. The molecule has 0 nitrogen and oxygen atoms in total. The second-order valence-electron chi connectivity index (χ2n) is 18.4. The van der Waals surface area contributed by atoms with E-state index in [-0.39, 0.29) is 0 Å². The Morgan fingerprint density at radius 1 is 0.182 bits per heavy atom. The van der Waals surface area contributed by atoms with Gasteiger partial charge in [0.05, 0.1) is 0 Å². The van der Waals surface area contributed by atoms with Crippen LogP contribution in [-0.2, 0) is 18.5 Å². The predicted molar refractivity (Wildman–Crippen MR) is 481 cm³/mol. The molecule has 6 unspecified atom stereocenters. The van der Waals surface area contributed by atoms with E-state index in [1.54, 1.807) is 0 Å². The summed E-state index contributed by atoms with van der Waals surface area (Å²) in [5.74, 6) is 19.5. The van der Waals surface area contributed by atoms with E-state index < -0.39 is 0 Å². The highest BCUT2D eigenvalue weighted by Gasteiger charge is 2.04. The summed E-state index contributed by atoms with van der Waals surface area (Å²) < 4.78 is 0. The maximum atomic E-state index is 3.28. The first kappa shape index (κ1) is 96.4. The van der Waals surface area contributed by atoms with Gasteiger partial charge in [-0.05, 0) is 191 Å². The molecule has 0 fully saturated rings. The van der Waals surface area contributed by atoms with Gasteiger partial charge in [-0.3, -0.25) is 0 Å². The van der Waals surface area contributed by atoms with Crippen LogP contribution in [0.3, 0.4) is 0 Å². The van der Waals surface area contributed by atoms with Crippen molar-refractivity contribution in [3.8, 4) is 68.9 Å². The Balaban J connectivity index is -0.00000122. The van der Waals surface area contributed by atoms with Crippen LogP contribution in [0.5, 0.6) is 0 Å². The molecule has 6 heteroatoms. The molecule has 0 amide bonds. The average molecular weight is 1430 g/mol. The zero-order valence-electron chi connectivity index (χ0n) is 64.7. The first-order chi connectivity index (χ1) is 48.7. The van der Waals surface area contributed by atoms with Gasteiger partial charge in [-0.25, -0.2) is 0 Å². The largest absolute Gasteiger partial charge is 0.133 e. The highest BCUT2D eigenvalue weighted by atomic mass is 31.0. The highest BCUT2D eigenvalue weighted by molar-refractivity contribution is 7.27. The lowest BCUT2D eigenvalue weighted by molar-refractivity contribution is 1.42. The standard InChI is InChI=1S/2C25H20P2.C21H18P2.11C2H6/c26-17-20-4-8-21(9-5-20)23-12-11-22-15-19(3-10-24(22)16-23)2-1-18-6-13-25(27)14-7-18;26-17-20-6-10-22(11-7-20)21-8-3-18(4-9-21)1-2-19-5-12-24-16-25(27)14-13-23(24)15-19;22-15-18-5-11-20(12-6-18)19-9-3-16(4-10-19)1-2-17-7-13-21(23)14-8-17;11*1-2/h2*3-16H,17,26-27H2;3-14H,15,22-23H2;11*1-2H3. The quantitative estimate of drug-likeness (QED) is 0.115. The maximum Gasteiger partial charge on any atom is 0.0255 e. The number of rotatable bonds is 6. The van der Waals surface area contributed by atoms with E-state index in [4.69, 9.17) is 0 Å². The van der Waals surface area contributed by atoms with E-state index in [0.717, 1.165) is 51.9 Å². The molecule has 0 bridgehead atoms. The number of benzene rings is 11.